The fourth-order valence-corrected chi connectivity index (χ4v) is 13.7. The molecule has 0 radical (unpaired) electrons. The monoisotopic (exact) mass is 1680 g/mol. The molecule has 2 atom stereocenters. The van der Waals surface area contributed by atoms with E-state index in [1.165, 1.54) is 99.5 Å². The maximum Gasteiger partial charge on any atom is 0.416 e. The lowest BCUT2D eigenvalue weighted by molar-refractivity contribution is -0.155. The Labute approximate surface area is 660 Å². The number of hydrogen-bond acceptors (Lipinski definition) is 20. The predicted octanol–water partition coefficient (Wildman–Crippen LogP) is 9.80. The van der Waals surface area contributed by atoms with Gasteiger partial charge in [0.15, 0.2) is 12.2 Å². The molecule has 4 aliphatic heterocycles. The molecular weight excluding hydrogens is 1580 g/mol. The van der Waals surface area contributed by atoms with E-state index >= 15 is 0 Å². The number of halogens is 9. The van der Waals surface area contributed by atoms with Crippen LogP contribution in [0, 0.1) is 13.8 Å². The van der Waals surface area contributed by atoms with E-state index in [-0.39, 0.29) is 149 Å². The number of hydrogen-bond donors (Lipinski definition) is 3. The van der Waals surface area contributed by atoms with Crippen LogP contribution in [0.2, 0.25) is 0 Å². The number of aryl methyl sites for hydroxylation is 4. The highest BCUT2D eigenvalue weighted by Gasteiger charge is 2.48. The zero-order chi connectivity index (χ0) is 80.4. The Hall–Kier alpha value is -7.09. The van der Waals surface area contributed by atoms with E-state index in [0.717, 1.165) is 46.5 Å². The highest BCUT2D eigenvalue weighted by atomic mass is 35.7. The molecule has 2 saturated heterocycles. The Morgan fingerprint density at radius 3 is 1.25 bits per heavy atom. The Bertz CT molecular complexity index is 4070. The summed E-state index contributed by atoms with van der Waals surface area (Å²) in [6.45, 7) is 22.1. The molecule has 608 valence electrons. The third kappa shape index (κ3) is 31.5. The first-order valence-electron chi connectivity index (χ1n) is 34.0. The molecule has 0 unspecified atom stereocenters. The lowest BCUT2D eigenvalue weighted by Gasteiger charge is -2.34. The summed E-state index contributed by atoms with van der Waals surface area (Å²) < 4.78 is 148. The number of ether oxygens (including phenoxy) is 4. The fourth-order valence-electron chi connectivity index (χ4n) is 11.5. The van der Waals surface area contributed by atoms with Gasteiger partial charge in [-0.1, -0.05) is 57.2 Å². The topological polar surface area (TPSA) is 316 Å². The lowest BCUT2D eigenvalue weighted by atomic mass is 9.89. The van der Waals surface area contributed by atoms with Gasteiger partial charge in [-0.2, -0.15) is 53.3 Å². The van der Waals surface area contributed by atoms with Crippen molar-refractivity contribution < 1.29 is 100 Å². The number of amidine groups is 2. The third-order valence-corrected chi connectivity index (χ3v) is 20.3. The normalized spacial score (nSPS) is 15.5. The lowest BCUT2D eigenvalue weighted by Crippen LogP contribution is -2.50. The molecule has 0 bridgehead atoms. The van der Waals surface area contributed by atoms with Gasteiger partial charge in [0.05, 0.1) is 41.1 Å². The summed E-state index contributed by atoms with van der Waals surface area (Å²) in [4.78, 5) is 109. The second kappa shape index (κ2) is 44.8. The average Bonchev–Trinajstić information content (AvgIpc) is 1.64. The number of nitrogens with one attached hydrogen (secondary N) is 3. The number of carbonyl (C=O) groups excluding carboxylic acids is 8. The third-order valence-electron chi connectivity index (χ3n) is 17.3. The molecule has 2 spiro atoms. The van der Waals surface area contributed by atoms with Crippen molar-refractivity contribution in [1.29, 1.82) is 0 Å². The van der Waals surface area contributed by atoms with Crippen molar-refractivity contribution >= 4 is 151 Å². The zero-order valence-electron chi connectivity index (χ0n) is 62.3. The number of nitrogens with zero attached hydrogens (tertiary/aromatic N) is 6. The van der Waals surface area contributed by atoms with E-state index in [4.69, 9.17) is 52.8 Å². The smallest absolute Gasteiger partial charge is 0.416 e. The molecular formula is C71H96Cl3F6N9O16S4. The molecule has 4 aromatic rings. The molecule has 4 aromatic carbocycles. The summed E-state index contributed by atoms with van der Waals surface area (Å²) >= 11 is 9.53. The maximum atomic E-state index is 13.3. The summed E-state index contributed by atoms with van der Waals surface area (Å²) in [6, 6.07) is 19.5. The van der Waals surface area contributed by atoms with Crippen LogP contribution >= 0.6 is 60.9 Å². The molecule has 109 heavy (non-hydrogen) atoms. The highest BCUT2D eigenvalue weighted by molar-refractivity contribution is 8.13. The van der Waals surface area contributed by atoms with Gasteiger partial charge in [0.1, 0.15) is 36.0 Å². The van der Waals surface area contributed by atoms with Crippen molar-refractivity contribution in [1.82, 2.24) is 25.2 Å². The second-order valence-electron chi connectivity index (χ2n) is 25.0. The number of rotatable bonds is 24. The van der Waals surface area contributed by atoms with Gasteiger partial charge in [0.25, 0.3) is 11.8 Å². The minimum absolute atomic E-state index is 0. The van der Waals surface area contributed by atoms with Crippen LogP contribution in [0.15, 0.2) is 94.9 Å². The number of benzene rings is 4. The number of anilines is 2. The number of sulfonamides is 1. The van der Waals surface area contributed by atoms with Crippen molar-refractivity contribution in [3.05, 3.63) is 129 Å². The SMILES string of the molecule is CC(=O)OC[C@H](CN(C(C)=O)c1ccc(CCS(=O)(=O)Cl)c(C)c1)OC(C)=O.CC(=O)OC[C@H](CN(C(C)=O)c1ccc(CCS(=O)(=O)N2CCC3(CC2)N=C(c2cccc(C(F)(F)F)c2)NC3=O)c(C)c1)OC(C)=O.CCN(CC)CC.ClCCl.O=C1NC(c2cccc(C(F)(F)F)c2)=NC12CCNCC2.S.S. The number of alkyl halides is 8. The van der Waals surface area contributed by atoms with E-state index in [0.29, 0.717) is 37.3 Å². The van der Waals surface area contributed by atoms with Gasteiger partial charge < -0.3 is 49.6 Å². The molecule has 0 aliphatic carbocycles. The van der Waals surface area contributed by atoms with E-state index in [2.05, 4.69) is 51.6 Å². The molecule has 25 nitrogen and oxygen atoms in total. The molecule has 4 aliphatic rings. The number of amides is 4. The molecule has 4 amide bonds. The van der Waals surface area contributed by atoms with Crippen molar-refractivity contribution in [3.8, 4) is 0 Å². The van der Waals surface area contributed by atoms with Crippen LogP contribution in [-0.2, 0) is 102 Å². The molecule has 0 saturated carbocycles. The van der Waals surface area contributed by atoms with Gasteiger partial charge in [-0.3, -0.25) is 48.3 Å². The number of esters is 4. The van der Waals surface area contributed by atoms with E-state index in [9.17, 15) is 81.5 Å². The molecule has 2 fully saturated rings. The number of carbonyl (C=O) groups is 8. The Kier molecular flexibility index (Phi) is 40.3. The second-order valence-corrected chi connectivity index (χ2v) is 30.8. The summed E-state index contributed by atoms with van der Waals surface area (Å²) in [5.74, 6) is -3.78. The van der Waals surface area contributed by atoms with Crippen LogP contribution in [0.5, 0.6) is 0 Å². The van der Waals surface area contributed by atoms with Crippen LogP contribution in [0.1, 0.15) is 133 Å². The standard InChI is InChI=1S/C32H37F3N4O8S.C18H24ClNO7S.C14H14F3N3O.C6H15N.CH2Cl2.2H2S/c1-20-16-27(39(21(2)40)18-28(47-23(4)42)19-46-22(3)41)9-8-24(20)10-15-48(44,45)38-13-11-31(12-14-38)30(43)36-29(37-31)25-6-5-7-26(17-25)32(33,34)35;1-12-9-17(6-5-16(12)7-8-28(19,24)25)20(13(2)21)10-18(27-15(4)23)11-26-14(3)22;15-14(16,17)10-3-1-2-9(8-10)11-19-12(21)13(20-11)4-6-18-7-5-13;1-4-7(5-2)6-3;2-1-3;;/h5-9,16-17,28H,10-15,18-19H2,1-4H3,(H,36,37,43);5-6,9,18H,7-8,10-11H2,1-4H3;1-3,8,18H,4-7H2,(H,19,20,21);4-6H2,1-3H3;1H2;2*1H2/t28-;18-;;;;;/m00...../s1. The Morgan fingerprint density at radius 2 is 0.936 bits per heavy atom. The van der Waals surface area contributed by atoms with Crippen LogP contribution in [0.25, 0.3) is 0 Å². The van der Waals surface area contributed by atoms with E-state index in [1.807, 2.05) is 0 Å². The Balaban J connectivity index is 0.000000558. The summed E-state index contributed by atoms with van der Waals surface area (Å²) in [5, 5.41) is 8.54. The summed E-state index contributed by atoms with van der Waals surface area (Å²) in [5.41, 5.74) is 0.726. The molecule has 0 aromatic heterocycles. The van der Waals surface area contributed by atoms with Gasteiger partial charge in [-0.05, 0) is 156 Å². The van der Waals surface area contributed by atoms with E-state index in [1.54, 1.807) is 50.2 Å². The summed E-state index contributed by atoms with van der Waals surface area (Å²) in [7, 11) is -2.11. The Morgan fingerprint density at radius 1 is 0.569 bits per heavy atom. The first kappa shape index (κ1) is 98.0. The van der Waals surface area contributed by atoms with Crippen LogP contribution < -0.4 is 25.8 Å². The van der Waals surface area contributed by atoms with Crippen molar-refractivity contribution in [3.63, 3.8) is 0 Å². The first-order chi connectivity index (χ1) is 49.9. The average molecular weight is 1680 g/mol. The van der Waals surface area contributed by atoms with Gasteiger partial charge >= 0.3 is 36.2 Å². The maximum absolute atomic E-state index is 13.3. The van der Waals surface area contributed by atoms with Crippen molar-refractivity contribution in [2.75, 3.05) is 98.8 Å². The van der Waals surface area contributed by atoms with E-state index < -0.39 is 95.6 Å². The van der Waals surface area contributed by atoms with Crippen molar-refractivity contribution in [2.45, 2.75) is 150 Å². The fraction of sp³-hybridized carbons (Fsp3) is 0.521. The predicted molar refractivity (Wildman–Crippen MR) is 415 cm³/mol. The van der Waals surface area contributed by atoms with Gasteiger partial charge in [0.2, 0.25) is 30.9 Å². The molecule has 3 N–H and O–H groups in total. The number of piperidine rings is 2. The molecule has 38 heteroatoms. The first-order valence-corrected chi connectivity index (χ1v) is 39.1. The van der Waals surface area contributed by atoms with Crippen molar-refractivity contribution in [2.24, 2.45) is 9.98 Å². The van der Waals surface area contributed by atoms with Crippen LogP contribution in [-0.4, -0.2) is 197 Å². The quantitative estimate of drug-likeness (QED) is 0.0193. The largest absolute Gasteiger partial charge is 0.462 e. The zero-order valence-corrected chi connectivity index (χ0v) is 68.2. The van der Waals surface area contributed by atoms with Crippen LogP contribution in [0.3, 0.4) is 0 Å². The van der Waals surface area contributed by atoms with Gasteiger partial charge in [-0.15, -0.1) is 23.2 Å². The summed E-state index contributed by atoms with van der Waals surface area (Å²) in [6.07, 6.45) is -9.03. The molecule has 8 rings (SSSR count). The number of aliphatic imine (C=N–C) groups is 2. The minimum Gasteiger partial charge on any atom is -0.462 e. The molecule has 4 heterocycles. The minimum atomic E-state index is -4.56. The highest BCUT2D eigenvalue weighted by Crippen LogP contribution is 2.36. The van der Waals surface area contributed by atoms with Gasteiger partial charge in [-0.25, -0.2) is 21.1 Å². The van der Waals surface area contributed by atoms with Crippen LogP contribution in [0.4, 0.5) is 37.7 Å². The van der Waals surface area contributed by atoms with Gasteiger partial charge in [0, 0.05) is 87.8 Å².